The standard InChI is InChI=1S/C12H16N4O4/c1-5(17)10-8(18)9(19)12(20-10)16-4-15-7-6(13)2-3-14-11(7)16/h2-5,8-10,12,17-19H,1H3,(H2,13,14). The van der Waals surface area contributed by atoms with Gasteiger partial charge in [0.15, 0.2) is 11.9 Å². The van der Waals surface area contributed by atoms with Crippen molar-refractivity contribution in [2.24, 2.45) is 0 Å². The molecule has 5 N–H and O–H groups in total. The summed E-state index contributed by atoms with van der Waals surface area (Å²) in [6.07, 6.45) is -2.04. The van der Waals surface area contributed by atoms with E-state index in [4.69, 9.17) is 10.5 Å². The molecule has 108 valence electrons. The van der Waals surface area contributed by atoms with E-state index in [1.165, 1.54) is 24.0 Å². The lowest BCUT2D eigenvalue weighted by Crippen LogP contribution is -2.37. The molecule has 1 aliphatic heterocycles. The highest BCUT2D eigenvalue weighted by molar-refractivity contribution is 5.83. The van der Waals surface area contributed by atoms with Crippen LogP contribution >= 0.6 is 0 Å². The highest BCUT2D eigenvalue weighted by Crippen LogP contribution is 2.33. The van der Waals surface area contributed by atoms with Crippen molar-refractivity contribution < 1.29 is 20.1 Å². The molecule has 20 heavy (non-hydrogen) atoms. The zero-order valence-electron chi connectivity index (χ0n) is 10.8. The minimum atomic E-state index is -1.18. The van der Waals surface area contributed by atoms with E-state index in [9.17, 15) is 15.3 Å². The quantitative estimate of drug-likeness (QED) is 0.556. The average molecular weight is 280 g/mol. The molecule has 8 nitrogen and oxygen atoms in total. The number of hydrogen-bond donors (Lipinski definition) is 4. The van der Waals surface area contributed by atoms with Gasteiger partial charge in [-0.3, -0.25) is 4.57 Å². The molecule has 2 aromatic rings. The van der Waals surface area contributed by atoms with Crippen LogP contribution in [-0.2, 0) is 4.74 Å². The molecule has 0 radical (unpaired) electrons. The molecule has 5 unspecified atom stereocenters. The Bertz CT molecular complexity index is 629. The normalized spacial score (nSPS) is 31.8. The van der Waals surface area contributed by atoms with Crippen LogP contribution in [0.5, 0.6) is 0 Å². The number of rotatable bonds is 2. The molecule has 1 fully saturated rings. The van der Waals surface area contributed by atoms with E-state index in [0.29, 0.717) is 16.9 Å². The Kier molecular flexibility index (Phi) is 3.09. The molecule has 0 amide bonds. The molecular weight excluding hydrogens is 264 g/mol. The minimum absolute atomic E-state index is 0.451. The smallest absolute Gasteiger partial charge is 0.165 e. The Morgan fingerprint density at radius 3 is 2.75 bits per heavy atom. The van der Waals surface area contributed by atoms with Crippen LogP contribution in [0, 0.1) is 0 Å². The number of aromatic nitrogens is 3. The van der Waals surface area contributed by atoms with Crippen LogP contribution in [-0.4, -0.2) is 54.3 Å². The summed E-state index contributed by atoms with van der Waals surface area (Å²) >= 11 is 0. The van der Waals surface area contributed by atoms with Gasteiger partial charge in [-0.25, -0.2) is 9.97 Å². The Hall–Kier alpha value is -1.74. The van der Waals surface area contributed by atoms with E-state index in [-0.39, 0.29) is 0 Å². The number of ether oxygens (including phenoxy) is 1. The summed E-state index contributed by atoms with van der Waals surface area (Å²) in [6, 6.07) is 1.62. The van der Waals surface area contributed by atoms with Crippen molar-refractivity contribution in [3.63, 3.8) is 0 Å². The van der Waals surface area contributed by atoms with E-state index in [1.807, 2.05) is 0 Å². The van der Waals surface area contributed by atoms with Crippen molar-refractivity contribution in [3.8, 4) is 0 Å². The van der Waals surface area contributed by atoms with Gasteiger partial charge in [0.05, 0.1) is 18.1 Å². The van der Waals surface area contributed by atoms with Crippen LogP contribution < -0.4 is 5.73 Å². The predicted octanol–water partition coefficient (Wildman–Crippen LogP) is -0.987. The molecule has 2 aromatic heterocycles. The Morgan fingerprint density at radius 2 is 2.10 bits per heavy atom. The van der Waals surface area contributed by atoms with Crippen molar-refractivity contribution in [1.82, 2.24) is 14.5 Å². The summed E-state index contributed by atoms with van der Waals surface area (Å²) in [7, 11) is 0. The summed E-state index contributed by atoms with van der Waals surface area (Å²) in [5, 5.41) is 29.5. The van der Waals surface area contributed by atoms with E-state index in [1.54, 1.807) is 6.07 Å². The van der Waals surface area contributed by atoms with Gasteiger partial charge < -0.3 is 25.8 Å². The lowest BCUT2D eigenvalue weighted by molar-refractivity contribution is -0.0777. The molecule has 5 atom stereocenters. The third kappa shape index (κ3) is 1.85. The van der Waals surface area contributed by atoms with Crippen molar-refractivity contribution >= 4 is 16.9 Å². The fourth-order valence-electron chi connectivity index (χ4n) is 2.45. The first-order valence-corrected chi connectivity index (χ1v) is 6.27. The van der Waals surface area contributed by atoms with Gasteiger partial charge in [0.25, 0.3) is 0 Å². The third-order valence-corrected chi connectivity index (χ3v) is 3.52. The minimum Gasteiger partial charge on any atom is -0.397 e. The monoisotopic (exact) mass is 280 g/mol. The maximum Gasteiger partial charge on any atom is 0.165 e. The Balaban J connectivity index is 2.02. The summed E-state index contributed by atoms with van der Waals surface area (Å²) < 4.78 is 7.03. The van der Waals surface area contributed by atoms with E-state index in [0.717, 1.165) is 0 Å². The predicted molar refractivity (Wildman–Crippen MR) is 69.5 cm³/mol. The molecule has 0 aliphatic carbocycles. The summed E-state index contributed by atoms with van der Waals surface area (Å²) in [5.74, 6) is 0. The van der Waals surface area contributed by atoms with Crippen molar-refractivity contribution in [2.75, 3.05) is 5.73 Å². The van der Waals surface area contributed by atoms with Gasteiger partial charge in [-0.05, 0) is 13.0 Å². The Labute approximate surface area is 114 Å². The SMILES string of the molecule is CC(O)C1OC(n2cnc3c(N)ccnc32)C(O)C1O. The second-order valence-corrected chi connectivity index (χ2v) is 4.94. The second-order valence-electron chi connectivity index (χ2n) is 4.94. The number of anilines is 1. The largest absolute Gasteiger partial charge is 0.397 e. The first-order valence-electron chi connectivity index (χ1n) is 6.27. The topological polar surface area (TPSA) is 127 Å². The molecule has 3 heterocycles. The number of aliphatic hydroxyl groups is 3. The zero-order valence-corrected chi connectivity index (χ0v) is 10.8. The summed E-state index contributed by atoms with van der Waals surface area (Å²) in [4.78, 5) is 8.29. The van der Waals surface area contributed by atoms with Gasteiger partial charge in [-0.1, -0.05) is 0 Å². The average Bonchev–Trinajstić information content (AvgIpc) is 2.94. The number of hydrogen-bond acceptors (Lipinski definition) is 7. The molecular formula is C12H16N4O4. The van der Waals surface area contributed by atoms with Crippen LogP contribution in [0.15, 0.2) is 18.6 Å². The second kappa shape index (κ2) is 4.67. The lowest BCUT2D eigenvalue weighted by Gasteiger charge is -2.17. The van der Waals surface area contributed by atoms with Crippen LogP contribution in [0.25, 0.3) is 11.2 Å². The van der Waals surface area contributed by atoms with Crippen molar-refractivity contribution in [1.29, 1.82) is 0 Å². The number of fused-ring (bicyclic) bond motifs is 1. The van der Waals surface area contributed by atoms with E-state index < -0.39 is 30.6 Å². The van der Waals surface area contributed by atoms with Crippen LogP contribution in [0.4, 0.5) is 5.69 Å². The first-order chi connectivity index (χ1) is 9.50. The van der Waals surface area contributed by atoms with Gasteiger partial charge in [0, 0.05) is 6.20 Å². The molecule has 3 rings (SSSR count). The molecule has 8 heteroatoms. The number of nitrogens with zero attached hydrogens (tertiary/aromatic N) is 3. The fraction of sp³-hybridized carbons (Fsp3) is 0.500. The van der Waals surface area contributed by atoms with E-state index >= 15 is 0 Å². The summed E-state index contributed by atoms with van der Waals surface area (Å²) in [6.45, 7) is 1.49. The first kappa shape index (κ1) is 13.3. The van der Waals surface area contributed by atoms with Crippen LogP contribution in [0.3, 0.4) is 0 Å². The van der Waals surface area contributed by atoms with Crippen molar-refractivity contribution in [3.05, 3.63) is 18.6 Å². The maximum absolute atomic E-state index is 10.1. The Morgan fingerprint density at radius 1 is 1.35 bits per heavy atom. The maximum atomic E-state index is 10.1. The molecule has 1 saturated heterocycles. The molecule has 0 bridgehead atoms. The van der Waals surface area contributed by atoms with E-state index in [2.05, 4.69) is 9.97 Å². The molecule has 0 saturated carbocycles. The van der Waals surface area contributed by atoms with Crippen molar-refractivity contribution in [2.45, 2.75) is 37.6 Å². The van der Waals surface area contributed by atoms with Gasteiger partial charge >= 0.3 is 0 Å². The highest BCUT2D eigenvalue weighted by Gasteiger charge is 2.46. The third-order valence-electron chi connectivity index (χ3n) is 3.52. The lowest BCUT2D eigenvalue weighted by atomic mass is 10.1. The molecule has 0 aromatic carbocycles. The zero-order chi connectivity index (χ0) is 14.4. The number of pyridine rings is 1. The van der Waals surface area contributed by atoms with Gasteiger partial charge in [-0.2, -0.15) is 0 Å². The van der Waals surface area contributed by atoms with Gasteiger partial charge in [0.1, 0.15) is 23.8 Å². The number of nitrogen functional groups attached to an aromatic ring is 1. The molecule has 1 aliphatic rings. The number of imidazole rings is 1. The van der Waals surface area contributed by atoms with Gasteiger partial charge in [-0.15, -0.1) is 0 Å². The summed E-state index contributed by atoms with van der Waals surface area (Å²) in [5.41, 5.74) is 7.21. The molecule has 0 spiro atoms. The number of nitrogens with two attached hydrogens (primary N) is 1. The van der Waals surface area contributed by atoms with Crippen LogP contribution in [0.2, 0.25) is 0 Å². The number of aliphatic hydroxyl groups excluding tert-OH is 3. The van der Waals surface area contributed by atoms with Crippen LogP contribution in [0.1, 0.15) is 13.2 Å². The highest BCUT2D eigenvalue weighted by atomic mass is 16.6. The van der Waals surface area contributed by atoms with Gasteiger partial charge in [0.2, 0.25) is 0 Å². The fourth-order valence-corrected chi connectivity index (χ4v) is 2.45.